The first kappa shape index (κ1) is 12.4. The van der Waals surface area contributed by atoms with Gasteiger partial charge in [-0.3, -0.25) is 4.90 Å². The van der Waals surface area contributed by atoms with E-state index in [1.54, 1.807) is 0 Å². The van der Waals surface area contributed by atoms with E-state index in [-0.39, 0.29) is 0 Å². The number of likely N-dealkylation sites (tertiary alicyclic amines) is 1. The molecule has 1 aliphatic rings. The van der Waals surface area contributed by atoms with Gasteiger partial charge in [-0.25, -0.2) is 0 Å². The van der Waals surface area contributed by atoms with Gasteiger partial charge in [0.2, 0.25) is 0 Å². The Kier molecular flexibility index (Phi) is 3.90. The molecule has 1 saturated heterocycles. The van der Waals surface area contributed by atoms with Crippen LogP contribution < -0.4 is 5.73 Å². The maximum Gasteiger partial charge on any atom is 0.0454 e. The average molecular weight is 304 g/mol. The molecule has 1 fully saturated rings. The molecule has 16 heavy (non-hydrogen) atoms. The molecule has 2 atom stereocenters. The first-order valence-corrected chi connectivity index (χ1v) is 6.66. The van der Waals surface area contributed by atoms with E-state index in [0.29, 0.717) is 12.0 Å². The summed E-state index contributed by atoms with van der Waals surface area (Å²) in [7, 11) is 2.14. The topological polar surface area (TPSA) is 29.3 Å². The molecule has 0 aliphatic carbocycles. The minimum atomic E-state index is 0.356. The molecule has 0 aromatic heterocycles. The zero-order valence-electron chi connectivity index (χ0n) is 9.29. The van der Waals surface area contributed by atoms with Crippen LogP contribution in [0.25, 0.3) is 0 Å². The predicted molar refractivity (Wildman–Crippen MR) is 71.7 cm³/mol. The van der Waals surface area contributed by atoms with E-state index in [0.717, 1.165) is 29.0 Å². The van der Waals surface area contributed by atoms with Crippen molar-refractivity contribution in [2.45, 2.75) is 12.5 Å². The Morgan fingerprint density at radius 3 is 3.00 bits per heavy atom. The fourth-order valence-corrected chi connectivity index (χ4v) is 3.11. The fraction of sp³-hybridized carbons (Fsp3) is 0.500. The Hall–Kier alpha value is -0.0900. The third kappa shape index (κ3) is 2.28. The van der Waals surface area contributed by atoms with E-state index in [2.05, 4.69) is 33.9 Å². The lowest BCUT2D eigenvalue weighted by Crippen LogP contribution is -2.25. The summed E-state index contributed by atoms with van der Waals surface area (Å²) in [6, 6.07) is 6.38. The maximum absolute atomic E-state index is 6.28. The molecule has 2 N–H and O–H groups in total. The van der Waals surface area contributed by atoms with Gasteiger partial charge < -0.3 is 5.73 Å². The Morgan fingerprint density at radius 1 is 1.56 bits per heavy atom. The lowest BCUT2D eigenvalue weighted by atomic mass is 9.94. The summed E-state index contributed by atoms with van der Waals surface area (Å²) in [5, 5.41) is 0.834. The molecule has 1 heterocycles. The molecule has 1 aromatic rings. The van der Waals surface area contributed by atoms with Crippen molar-refractivity contribution in [3.05, 3.63) is 33.3 Å². The van der Waals surface area contributed by atoms with Crippen LogP contribution in [0.3, 0.4) is 0 Å². The molecule has 2 rings (SSSR count). The van der Waals surface area contributed by atoms with Crippen LogP contribution in [0.2, 0.25) is 5.02 Å². The van der Waals surface area contributed by atoms with Crippen LogP contribution in [0.5, 0.6) is 0 Å². The van der Waals surface area contributed by atoms with Crippen molar-refractivity contribution in [3.8, 4) is 0 Å². The zero-order valence-corrected chi connectivity index (χ0v) is 11.6. The second-order valence-electron chi connectivity index (χ2n) is 4.38. The molecular formula is C12H16BrClN2. The second kappa shape index (κ2) is 5.05. The Bertz CT molecular complexity index is 383. The highest BCUT2D eigenvalue weighted by Gasteiger charge is 2.33. The highest BCUT2D eigenvalue weighted by atomic mass is 79.9. The van der Waals surface area contributed by atoms with Gasteiger partial charge in [0.1, 0.15) is 0 Å². The molecule has 88 valence electrons. The summed E-state index contributed by atoms with van der Waals surface area (Å²) in [6.45, 7) is 1.81. The van der Waals surface area contributed by atoms with Gasteiger partial charge in [0.15, 0.2) is 0 Å². The van der Waals surface area contributed by atoms with E-state index in [4.69, 9.17) is 17.3 Å². The van der Waals surface area contributed by atoms with Gasteiger partial charge in [0, 0.05) is 15.5 Å². The van der Waals surface area contributed by atoms with E-state index >= 15 is 0 Å². The molecule has 1 aliphatic heterocycles. The van der Waals surface area contributed by atoms with Crippen molar-refractivity contribution in [1.29, 1.82) is 0 Å². The van der Waals surface area contributed by atoms with Crippen LogP contribution in [0.4, 0.5) is 0 Å². The molecular weight excluding hydrogens is 288 g/mol. The highest BCUT2D eigenvalue weighted by Crippen LogP contribution is 2.39. The van der Waals surface area contributed by atoms with Crippen LogP contribution >= 0.6 is 27.5 Å². The molecule has 0 radical (unpaired) electrons. The Labute approximate surface area is 110 Å². The maximum atomic E-state index is 6.28. The molecule has 1 aromatic carbocycles. The van der Waals surface area contributed by atoms with Crippen LogP contribution in [0, 0.1) is 5.92 Å². The van der Waals surface area contributed by atoms with Gasteiger partial charge in [-0.05, 0) is 56.2 Å². The first-order chi connectivity index (χ1) is 7.63. The minimum absolute atomic E-state index is 0.356. The van der Waals surface area contributed by atoms with Gasteiger partial charge in [-0.2, -0.15) is 0 Å². The molecule has 0 bridgehead atoms. The lowest BCUT2D eigenvalue weighted by Gasteiger charge is -2.25. The molecule has 2 nitrogen and oxygen atoms in total. The number of nitrogens with zero attached hydrogens (tertiary/aromatic N) is 1. The molecule has 4 heteroatoms. The molecule has 2 unspecified atom stereocenters. The summed E-state index contributed by atoms with van der Waals surface area (Å²) in [4.78, 5) is 2.34. The van der Waals surface area contributed by atoms with Gasteiger partial charge >= 0.3 is 0 Å². The minimum Gasteiger partial charge on any atom is -0.330 e. The Balaban J connectivity index is 2.37. The van der Waals surface area contributed by atoms with Crippen molar-refractivity contribution < 1.29 is 0 Å². The average Bonchev–Trinajstić information content (AvgIpc) is 2.63. The largest absolute Gasteiger partial charge is 0.330 e. The van der Waals surface area contributed by atoms with Crippen LogP contribution in [0.15, 0.2) is 22.7 Å². The highest BCUT2D eigenvalue weighted by molar-refractivity contribution is 9.10. The SMILES string of the molecule is CN1CCC(CN)C1c1cc(Br)ccc1Cl. The van der Waals surface area contributed by atoms with Crippen molar-refractivity contribution >= 4 is 27.5 Å². The van der Waals surface area contributed by atoms with E-state index in [9.17, 15) is 0 Å². The summed E-state index contributed by atoms with van der Waals surface area (Å²) in [5.41, 5.74) is 7.02. The smallest absolute Gasteiger partial charge is 0.0454 e. The standard InChI is InChI=1S/C12H16BrClN2/c1-16-5-4-8(7-15)12(16)10-6-9(13)2-3-11(10)14/h2-3,6,8,12H,4-5,7,15H2,1H3. The van der Waals surface area contributed by atoms with Gasteiger partial charge in [0.05, 0.1) is 0 Å². The Morgan fingerprint density at radius 2 is 2.31 bits per heavy atom. The number of halogens is 2. The van der Waals surface area contributed by atoms with Gasteiger partial charge in [-0.15, -0.1) is 0 Å². The summed E-state index contributed by atoms with van der Waals surface area (Å²) >= 11 is 9.77. The van der Waals surface area contributed by atoms with Crippen LogP contribution in [0.1, 0.15) is 18.0 Å². The number of hydrogen-bond donors (Lipinski definition) is 1. The van der Waals surface area contributed by atoms with Crippen LogP contribution in [-0.4, -0.2) is 25.0 Å². The summed E-state index contributed by atoms with van der Waals surface area (Å²) < 4.78 is 1.07. The lowest BCUT2D eigenvalue weighted by molar-refractivity contribution is 0.279. The quantitative estimate of drug-likeness (QED) is 0.910. The molecule has 0 saturated carbocycles. The molecule has 0 amide bonds. The summed E-state index contributed by atoms with van der Waals surface area (Å²) in [6.07, 6.45) is 1.15. The first-order valence-electron chi connectivity index (χ1n) is 5.48. The summed E-state index contributed by atoms with van der Waals surface area (Å²) in [5.74, 6) is 0.511. The number of hydrogen-bond acceptors (Lipinski definition) is 2. The third-order valence-corrected chi connectivity index (χ3v) is 4.19. The number of rotatable bonds is 2. The normalized spacial score (nSPS) is 26.2. The zero-order chi connectivity index (χ0) is 11.7. The van der Waals surface area contributed by atoms with Gasteiger partial charge in [0.25, 0.3) is 0 Å². The number of benzene rings is 1. The van der Waals surface area contributed by atoms with Crippen LogP contribution in [-0.2, 0) is 0 Å². The van der Waals surface area contributed by atoms with Crippen molar-refractivity contribution in [2.75, 3.05) is 20.1 Å². The molecule has 0 spiro atoms. The fourth-order valence-electron chi connectivity index (χ4n) is 2.51. The van der Waals surface area contributed by atoms with Crippen molar-refractivity contribution in [2.24, 2.45) is 11.7 Å². The van der Waals surface area contributed by atoms with E-state index in [1.807, 2.05) is 12.1 Å². The van der Waals surface area contributed by atoms with Crippen molar-refractivity contribution in [3.63, 3.8) is 0 Å². The predicted octanol–water partition coefficient (Wildman–Crippen LogP) is 3.05. The third-order valence-electron chi connectivity index (χ3n) is 3.35. The number of nitrogens with two attached hydrogens (primary N) is 1. The van der Waals surface area contributed by atoms with E-state index < -0.39 is 0 Å². The second-order valence-corrected chi connectivity index (χ2v) is 5.70. The van der Waals surface area contributed by atoms with Gasteiger partial charge in [-0.1, -0.05) is 27.5 Å². The monoisotopic (exact) mass is 302 g/mol. The van der Waals surface area contributed by atoms with Crippen molar-refractivity contribution in [1.82, 2.24) is 4.90 Å². The van der Waals surface area contributed by atoms with E-state index in [1.165, 1.54) is 5.56 Å².